The van der Waals surface area contributed by atoms with E-state index in [1.54, 1.807) is 6.33 Å². The summed E-state index contributed by atoms with van der Waals surface area (Å²) in [6, 6.07) is 9.88. The Balaban J connectivity index is 1.33. The molecule has 0 bridgehead atoms. The molecule has 7 nitrogen and oxygen atoms in total. The zero-order valence-electron chi connectivity index (χ0n) is 14.3. The zero-order chi connectivity index (χ0) is 17.5. The van der Waals surface area contributed by atoms with E-state index < -0.39 is 0 Å². The Morgan fingerprint density at radius 1 is 1.19 bits per heavy atom. The molecule has 2 aliphatic rings. The minimum Gasteiger partial charge on any atom is -0.441 e. The standard InChI is InChI=1S/C19H19N5O2/c25-19(14-6-9-24-17(10-14)20-12-21-24)23-8-7-16-15(11-23)22-18(26-16)13-4-2-1-3-5-13/h1-5,12,14H,6-11H2. The lowest BCUT2D eigenvalue weighted by atomic mass is 9.95. The van der Waals surface area contributed by atoms with E-state index in [1.165, 1.54) is 0 Å². The van der Waals surface area contributed by atoms with E-state index >= 15 is 0 Å². The number of benzene rings is 1. The third kappa shape index (κ3) is 2.60. The highest BCUT2D eigenvalue weighted by Gasteiger charge is 2.32. The van der Waals surface area contributed by atoms with Crippen LogP contribution in [0.4, 0.5) is 0 Å². The number of oxazole rings is 1. The average molecular weight is 349 g/mol. The van der Waals surface area contributed by atoms with Gasteiger partial charge in [-0.25, -0.2) is 9.97 Å². The Hall–Kier alpha value is -2.96. The van der Waals surface area contributed by atoms with Gasteiger partial charge in [0, 0.05) is 37.4 Å². The lowest BCUT2D eigenvalue weighted by Crippen LogP contribution is -2.42. The van der Waals surface area contributed by atoms with E-state index in [2.05, 4.69) is 15.1 Å². The SMILES string of the molecule is O=C(C1CCn2ncnc2C1)N1CCc2oc(-c3ccccc3)nc2C1. The van der Waals surface area contributed by atoms with Gasteiger partial charge in [0.05, 0.1) is 6.54 Å². The van der Waals surface area contributed by atoms with Gasteiger partial charge in [0.15, 0.2) is 0 Å². The molecular weight excluding hydrogens is 330 g/mol. The third-order valence-corrected chi connectivity index (χ3v) is 5.22. The van der Waals surface area contributed by atoms with Crippen molar-refractivity contribution in [2.45, 2.75) is 32.4 Å². The van der Waals surface area contributed by atoms with Crippen LogP contribution in [0, 0.1) is 5.92 Å². The molecule has 0 N–H and O–H groups in total. The van der Waals surface area contributed by atoms with E-state index in [4.69, 9.17) is 4.42 Å². The van der Waals surface area contributed by atoms with Crippen molar-refractivity contribution in [3.8, 4) is 11.5 Å². The van der Waals surface area contributed by atoms with Gasteiger partial charge in [-0.15, -0.1) is 0 Å². The topological polar surface area (TPSA) is 77.0 Å². The third-order valence-electron chi connectivity index (χ3n) is 5.22. The maximum Gasteiger partial charge on any atom is 0.226 e. The van der Waals surface area contributed by atoms with Crippen LogP contribution >= 0.6 is 0 Å². The molecular formula is C19H19N5O2. The van der Waals surface area contributed by atoms with Crippen LogP contribution in [0.25, 0.3) is 11.5 Å². The molecule has 0 saturated carbocycles. The first kappa shape index (κ1) is 15.3. The molecule has 5 rings (SSSR count). The summed E-state index contributed by atoms with van der Waals surface area (Å²) in [5.74, 6) is 2.61. The van der Waals surface area contributed by atoms with Crippen LogP contribution in [0.15, 0.2) is 41.1 Å². The number of amides is 1. The molecule has 2 aromatic heterocycles. The Kier molecular flexibility index (Phi) is 3.58. The first-order valence-electron chi connectivity index (χ1n) is 8.97. The summed E-state index contributed by atoms with van der Waals surface area (Å²) in [5.41, 5.74) is 1.84. The van der Waals surface area contributed by atoms with Crippen LogP contribution in [-0.2, 0) is 30.7 Å². The maximum atomic E-state index is 13.0. The highest BCUT2D eigenvalue weighted by Crippen LogP contribution is 2.28. The molecule has 1 amide bonds. The smallest absolute Gasteiger partial charge is 0.226 e. The summed E-state index contributed by atoms with van der Waals surface area (Å²) in [5, 5.41) is 4.18. The monoisotopic (exact) mass is 349 g/mol. The fraction of sp³-hybridized carbons (Fsp3) is 0.368. The molecule has 0 saturated heterocycles. The second kappa shape index (κ2) is 6.09. The molecule has 0 radical (unpaired) electrons. The quantitative estimate of drug-likeness (QED) is 0.708. The van der Waals surface area contributed by atoms with Gasteiger partial charge in [0.25, 0.3) is 0 Å². The van der Waals surface area contributed by atoms with Crippen molar-refractivity contribution in [3.63, 3.8) is 0 Å². The average Bonchev–Trinajstić information content (AvgIpc) is 3.33. The number of nitrogens with zero attached hydrogens (tertiary/aromatic N) is 5. The van der Waals surface area contributed by atoms with Crippen LogP contribution in [0.1, 0.15) is 23.7 Å². The second-order valence-corrected chi connectivity index (χ2v) is 6.85. The molecule has 0 fully saturated rings. The lowest BCUT2D eigenvalue weighted by molar-refractivity contribution is -0.137. The lowest BCUT2D eigenvalue weighted by Gasteiger charge is -2.30. The van der Waals surface area contributed by atoms with Crippen molar-refractivity contribution in [1.29, 1.82) is 0 Å². The summed E-state index contributed by atoms with van der Waals surface area (Å²) in [6.07, 6.45) is 3.75. The number of aryl methyl sites for hydroxylation is 1. The molecule has 3 aromatic rings. The number of carbonyl (C=O) groups excluding carboxylic acids is 1. The van der Waals surface area contributed by atoms with Gasteiger partial charge in [0.2, 0.25) is 11.8 Å². The van der Waals surface area contributed by atoms with E-state index in [0.717, 1.165) is 35.8 Å². The van der Waals surface area contributed by atoms with E-state index in [1.807, 2.05) is 39.9 Å². The number of hydrogen-bond acceptors (Lipinski definition) is 5. The first-order valence-corrected chi connectivity index (χ1v) is 8.97. The number of carbonyl (C=O) groups is 1. The summed E-state index contributed by atoms with van der Waals surface area (Å²) < 4.78 is 7.82. The molecule has 1 unspecified atom stereocenters. The van der Waals surface area contributed by atoms with E-state index in [9.17, 15) is 4.79 Å². The van der Waals surface area contributed by atoms with Crippen molar-refractivity contribution in [2.75, 3.05) is 6.54 Å². The molecule has 7 heteroatoms. The van der Waals surface area contributed by atoms with Gasteiger partial charge in [-0.2, -0.15) is 5.10 Å². The molecule has 2 aliphatic heterocycles. The van der Waals surface area contributed by atoms with Gasteiger partial charge >= 0.3 is 0 Å². The zero-order valence-corrected chi connectivity index (χ0v) is 14.3. The Bertz CT molecular complexity index is 946. The van der Waals surface area contributed by atoms with E-state index in [0.29, 0.717) is 31.8 Å². The van der Waals surface area contributed by atoms with Gasteiger partial charge in [0.1, 0.15) is 23.6 Å². The summed E-state index contributed by atoms with van der Waals surface area (Å²) >= 11 is 0. The molecule has 132 valence electrons. The fourth-order valence-corrected chi connectivity index (χ4v) is 3.79. The van der Waals surface area contributed by atoms with Gasteiger partial charge in [-0.05, 0) is 18.6 Å². The molecule has 26 heavy (non-hydrogen) atoms. The summed E-state index contributed by atoms with van der Waals surface area (Å²) in [4.78, 5) is 23.8. The molecule has 0 aliphatic carbocycles. The normalized spacial score (nSPS) is 19.1. The minimum absolute atomic E-state index is 0.0197. The second-order valence-electron chi connectivity index (χ2n) is 6.85. The van der Waals surface area contributed by atoms with Crippen molar-refractivity contribution in [1.82, 2.24) is 24.6 Å². The number of aromatic nitrogens is 4. The Labute approximate surface area is 150 Å². The van der Waals surface area contributed by atoms with Gasteiger partial charge in [-0.1, -0.05) is 18.2 Å². The van der Waals surface area contributed by atoms with Crippen molar-refractivity contribution in [2.24, 2.45) is 5.92 Å². The Morgan fingerprint density at radius 2 is 2.08 bits per heavy atom. The predicted molar refractivity (Wildman–Crippen MR) is 92.9 cm³/mol. The number of rotatable bonds is 2. The number of hydrogen-bond donors (Lipinski definition) is 0. The molecule has 1 atom stereocenters. The number of fused-ring (bicyclic) bond motifs is 2. The van der Waals surface area contributed by atoms with Crippen LogP contribution in [0.2, 0.25) is 0 Å². The van der Waals surface area contributed by atoms with E-state index in [-0.39, 0.29) is 11.8 Å². The first-order chi connectivity index (χ1) is 12.8. The maximum absolute atomic E-state index is 13.0. The van der Waals surface area contributed by atoms with Crippen molar-refractivity contribution < 1.29 is 9.21 Å². The predicted octanol–water partition coefficient (Wildman–Crippen LogP) is 2.08. The molecule has 4 heterocycles. The van der Waals surface area contributed by atoms with Crippen LogP contribution in [0.3, 0.4) is 0 Å². The Morgan fingerprint density at radius 3 is 2.96 bits per heavy atom. The van der Waals surface area contributed by atoms with Gasteiger partial charge in [-0.3, -0.25) is 9.48 Å². The highest BCUT2D eigenvalue weighted by molar-refractivity contribution is 5.79. The summed E-state index contributed by atoms with van der Waals surface area (Å²) in [6.45, 7) is 1.96. The van der Waals surface area contributed by atoms with Gasteiger partial charge < -0.3 is 9.32 Å². The van der Waals surface area contributed by atoms with Crippen molar-refractivity contribution >= 4 is 5.91 Å². The molecule has 0 spiro atoms. The van der Waals surface area contributed by atoms with Crippen molar-refractivity contribution in [3.05, 3.63) is 53.9 Å². The minimum atomic E-state index is -0.0197. The fourth-order valence-electron chi connectivity index (χ4n) is 3.79. The highest BCUT2D eigenvalue weighted by atomic mass is 16.4. The van der Waals surface area contributed by atoms with Crippen LogP contribution in [-0.4, -0.2) is 37.1 Å². The largest absolute Gasteiger partial charge is 0.441 e. The van der Waals surface area contributed by atoms with Crippen LogP contribution in [0.5, 0.6) is 0 Å². The summed E-state index contributed by atoms with van der Waals surface area (Å²) in [7, 11) is 0. The van der Waals surface area contributed by atoms with Crippen LogP contribution < -0.4 is 0 Å². The molecule has 1 aromatic carbocycles.